The highest BCUT2D eigenvalue weighted by Gasteiger charge is 2.25. The maximum absolute atomic E-state index is 11.1. The lowest BCUT2D eigenvalue weighted by molar-refractivity contribution is 0.0694. The van der Waals surface area contributed by atoms with Gasteiger partial charge in [0.1, 0.15) is 5.82 Å². The van der Waals surface area contributed by atoms with E-state index >= 15 is 0 Å². The number of carboxylic acid groups (broad SMARTS) is 1. The molecule has 0 spiro atoms. The maximum Gasteiger partial charge on any atom is 0.339 e. The molecule has 1 fully saturated rings. The normalized spacial score (nSPS) is 23.3. The van der Waals surface area contributed by atoms with Crippen LogP contribution in [0, 0.1) is 5.92 Å². The number of aryl methyl sites for hydroxylation is 1. The van der Waals surface area contributed by atoms with Gasteiger partial charge >= 0.3 is 5.97 Å². The van der Waals surface area contributed by atoms with Gasteiger partial charge in [0, 0.05) is 12.1 Å². The summed E-state index contributed by atoms with van der Waals surface area (Å²) < 4.78 is 0. The molecular formula is C15H22N2O2. The minimum Gasteiger partial charge on any atom is -0.478 e. The predicted molar refractivity (Wildman–Crippen MR) is 73.4 cm³/mol. The summed E-state index contributed by atoms with van der Waals surface area (Å²) in [5.74, 6) is 1.09. The molecule has 0 aromatic carbocycles. The number of carbonyl (C=O) groups is 1. The van der Waals surface area contributed by atoms with Crippen molar-refractivity contribution in [1.82, 2.24) is 9.97 Å². The van der Waals surface area contributed by atoms with E-state index in [0.717, 1.165) is 24.6 Å². The molecule has 4 nitrogen and oxygen atoms in total. The summed E-state index contributed by atoms with van der Waals surface area (Å²) in [4.78, 5) is 19.9. The van der Waals surface area contributed by atoms with E-state index < -0.39 is 5.97 Å². The fraction of sp³-hybridized carbons (Fsp3) is 0.667. The Morgan fingerprint density at radius 2 is 2.21 bits per heavy atom. The van der Waals surface area contributed by atoms with Crippen LogP contribution in [0.1, 0.15) is 73.7 Å². The van der Waals surface area contributed by atoms with Crippen LogP contribution in [-0.4, -0.2) is 21.0 Å². The number of carboxylic acids is 1. The molecule has 1 aromatic rings. The van der Waals surface area contributed by atoms with Gasteiger partial charge in [0.25, 0.3) is 0 Å². The van der Waals surface area contributed by atoms with E-state index in [1.165, 1.54) is 25.5 Å². The zero-order chi connectivity index (χ0) is 13.8. The molecular weight excluding hydrogens is 240 g/mol. The van der Waals surface area contributed by atoms with E-state index in [-0.39, 0.29) is 5.56 Å². The van der Waals surface area contributed by atoms with Crippen LogP contribution < -0.4 is 0 Å². The molecule has 4 heteroatoms. The van der Waals surface area contributed by atoms with Gasteiger partial charge in [-0.05, 0) is 25.2 Å². The number of aromatic carboxylic acids is 1. The third kappa shape index (κ3) is 3.11. The highest BCUT2D eigenvalue weighted by Crippen LogP contribution is 2.36. The van der Waals surface area contributed by atoms with Crippen molar-refractivity contribution < 1.29 is 9.90 Å². The fourth-order valence-electron chi connectivity index (χ4n) is 2.97. The standard InChI is InChI=1S/C15H22N2O2/c1-3-10-6-5-7-11(8-10)14-16-9-12(15(18)19)13(4-2)17-14/h9-11H,3-8H2,1-2H3,(H,18,19). The molecule has 0 aliphatic heterocycles. The third-order valence-corrected chi connectivity index (χ3v) is 4.18. The SMILES string of the molecule is CCc1nc(C2CCCC(CC)C2)ncc1C(=O)O. The summed E-state index contributed by atoms with van der Waals surface area (Å²) in [6.45, 7) is 4.17. The first-order chi connectivity index (χ1) is 9.15. The van der Waals surface area contributed by atoms with Gasteiger partial charge in [0.05, 0.1) is 11.3 Å². The van der Waals surface area contributed by atoms with Gasteiger partial charge in [-0.2, -0.15) is 0 Å². The summed E-state index contributed by atoms with van der Waals surface area (Å²) in [6.07, 6.45) is 8.15. The molecule has 0 radical (unpaired) electrons. The Balaban J connectivity index is 2.23. The molecule has 0 bridgehead atoms. The second-order valence-corrected chi connectivity index (χ2v) is 5.39. The molecule has 2 atom stereocenters. The summed E-state index contributed by atoms with van der Waals surface area (Å²) >= 11 is 0. The lowest BCUT2D eigenvalue weighted by Crippen LogP contribution is -2.17. The highest BCUT2D eigenvalue weighted by molar-refractivity contribution is 5.88. The largest absolute Gasteiger partial charge is 0.478 e. The van der Waals surface area contributed by atoms with Gasteiger partial charge in [-0.1, -0.05) is 33.1 Å². The maximum atomic E-state index is 11.1. The van der Waals surface area contributed by atoms with E-state index in [4.69, 9.17) is 5.11 Å². The van der Waals surface area contributed by atoms with Gasteiger partial charge in [0.2, 0.25) is 0 Å². The van der Waals surface area contributed by atoms with Gasteiger partial charge in [0.15, 0.2) is 0 Å². The van der Waals surface area contributed by atoms with E-state index in [0.29, 0.717) is 18.0 Å². The van der Waals surface area contributed by atoms with Crippen molar-refractivity contribution in [3.8, 4) is 0 Å². The van der Waals surface area contributed by atoms with E-state index in [2.05, 4.69) is 16.9 Å². The highest BCUT2D eigenvalue weighted by atomic mass is 16.4. The molecule has 0 saturated heterocycles. The van der Waals surface area contributed by atoms with Crippen LogP contribution in [0.4, 0.5) is 0 Å². The van der Waals surface area contributed by atoms with Gasteiger partial charge in [-0.3, -0.25) is 0 Å². The average molecular weight is 262 g/mol. The Morgan fingerprint density at radius 3 is 2.84 bits per heavy atom. The van der Waals surface area contributed by atoms with Crippen molar-refractivity contribution >= 4 is 5.97 Å². The lowest BCUT2D eigenvalue weighted by Gasteiger charge is -2.27. The van der Waals surface area contributed by atoms with Crippen LogP contribution in [-0.2, 0) is 6.42 Å². The number of hydrogen-bond donors (Lipinski definition) is 1. The van der Waals surface area contributed by atoms with Crippen LogP contribution >= 0.6 is 0 Å². The summed E-state index contributed by atoms with van der Waals surface area (Å²) in [6, 6.07) is 0. The Hall–Kier alpha value is -1.45. The van der Waals surface area contributed by atoms with Crippen LogP contribution in [0.3, 0.4) is 0 Å². The fourth-order valence-corrected chi connectivity index (χ4v) is 2.97. The molecule has 1 aliphatic carbocycles. The monoisotopic (exact) mass is 262 g/mol. The molecule has 1 saturated carbocycles. The summed E-state index contributed by atoms with van der Waals surface area (Å²) in [5, 5.41) is 9.10. The van der Waals surface area contributed by atoms with E-state index in [1.807, 2.05) is 6.92 Å². The first-order valence-corrected chi connectivity index (χ1v) is 7.24. The van der Waals surface area contributed by atoms with Gasteiger partial charge in [-0.25, -0.2) is 14.8 Å². The number of nitrogens with zero attached hydrogens (tertiary/aromatic N) is 2. The Kier molecular flexibility index (Phi) is 4.51. The molecule has 1 N–H and O–H groups in total. The number of rotatable bonds is 4. The van der Waals surface area contributed by atoms with Gasteiger partial charge in [-0.15, -0.1) is 0 Å². The Bertz CT molecular complexity index is 459. The molecule has 104 valence electrons. The molecule has 1 aliphatic rings. The average Bonchev–Trinajstić information content (AvgIpc) is 2.46. The molecule has 2 unspecified atom stereocenters. The first-order valence-electron chi connectivity index (χ1n) is 7.24. The molecule has 0 amide bonds. The van der Waals surface area contributed by atoms with Crippen LogP contribution in [0.5, 0.6) is 0 Å². The van der Waals surface area contributed by atoms with E-state index in [9.17, 15) is 4.79 Å². The number of hydrogen-bond acceptors (Lipinski definition) is 3. The Labute approximate surface area is 114 Å². The minimum atomic E-state index is -0.932. The molecule has 1 heterocycles. The van der Waals surface area contributed by atoms with Crippen LogP contribution in [0.2, 0.25) is 0 Å². The zero-order valence-electron chi connectivity index (χ0n) is 11.7. The third-order valence-electron chi connectivity index (χ3n) is 4.18. The van der Waals surface area contributed by atoms with Crippen molar-refractivity contribution in [2.75, 3.05) is 0 Å². The topological polar surface area (TPSA) is 63.1 Å². The summed E-state index contributed by atoms with van der Waals surface area (Å²) in [7, 11) is 0. The smallest absolute Gasteiger partial charge is 0.339 e. The second kappa shape index (κ2) is 6.13. The van der Waals surface area contributed by atoms with Crippen molar-refractivity contribution in [2.24, 2.45) is 5.92 Å². The van der Waals surface area contributed by atoms with Gasteiger partial charge < -0.3 is 5.11 Å². The second-order valence-electron chi connectivity index (χ2n) is 5.39. The van der Waals surface area contributed by atoms with Crippen molar-refractivity contribution in [1.29, 1.82) is 0 Å². The quantitative estimate of drug-likeness (QED) is 0.903. The number of aromatic nitrogens is 2. The Morgan fingerprint density at radius 1 is 1.42 bits per heavy atom. The van der Waals surface area contributed by atoms with Crippen molar-refractivity contribution in [3.05, 3.63) is 23.3 Å². The first kappa shape index (κ1) is 14.0. The molecule has 2 rings (SSSR count). The minimum absolute atomic E-state index is 0.245. The van der Waals surface area contributed by atoms with E-state index in [1.54, 1.807) is 0 Å². The predicted octanol–water partition coefficient (Wildman–Crippen LogP) is 3.42. The lowest BCUT2D eigenvalue weighted by atomic mass is 9.80. The zero-order valence-corrected chi connectivity index (χ0v) is 11.7. The van der Waals surface area contributed by atoms with Crippen LogP contribution in [0.15, 0.2) is 6.20 Å². The van der Waals surface area contributed by atoms with Crippen molar-refractivity contribution in [3.63, 3.8) is 0 Å². The molecule has 1 aromatic heterocycles. The summed E-state index contributed by atoms with van der Waals surface area (Å²) in [5.41, 5.74) is 0.908. The van der Waals surface area contributed by atoms with Crippen molar-refractivity contribution in [2.45, 2.75) is 58.3 Å². The molecule has 19 heavy (non-hydrogen) atoms. The van der Waals surface area contributed by atoms with Crippen LogP contribution in [0.25, 0.3) is 0 Å².